The van der Waals surface area contributed by atoms with Crippen LogP contribution in [0, 0.1) is 0 Å². The Morgan fingerprint density at radius 2 is 1.83 bits per heavy atom. The summed E-state index contributed by atoms with van der Waals surface area (Å²) >= 11 is 0. The largest absolute Gasteiger partial charge is 0.290 e. The van der Waals surface area contributed by atoms with Gasteiger partial charge in [-0.2, -0.15) is 0 Å². The van der Waals surface area contributed by atoms with Gasteiger partial charge in [0.1, 0.15) is 0 Å². The third kappa shape index (κ3) is 2.08. The standard InChI is InChI=1S/C21H20O2/c1-12(2)15-5-3-4-13-6-7-14-8-9-16-17(22)10-11-18(23)21(16)20(14)19(13)15/h3-5,8,10-12,20H,6-7,9H2,1-2H3/t20-/m1/s1. The Labute approximate surface area is 136 Å². The van der Waals surface area contributed by atoms with Crippen LogP contribution in [0.5, 0.6) is 0 Å². The first-order chi connectivity index (χ1) is 11.1. The van der Waals surface area contributed by atoms with Crippen LogP contribution in [0.4, 0.5) is 0 Å². The fraction of sp³-hybridized carbons (Fsp3) is 0.333. The molecule has 0 aromatic heterocycles. The van der Waals surface area contributed by atoms with Crippen molar-refractivity contribution in [1.29, 1.82) is 0 Å². The van der Waals surface area contributed by atoms with Gasteiger partial charge in [-0.05, 0) is 54.0 Å². The molecule has 0 aliphatic heterocycles. The van der Waals surface area contributed by atoms with Crippen LogP contribution in [-0.4, -0.2) is 11.6 Å². The lowest BCUT2D eigenvalue weighted by Gasteiger charge is -2.36. The van der Waals surface area contributed by atoms with Crippen LogP contribution < -0.4 is 0 Å². The second kappa shape index (κ2) is 5.16. The van der Waals surface area contributed by atoms with Gasteiger partial charge in [0.05, 0.1) is 0 Å². The van der Waals surface area contributed by atoms with Crippen molar-refractivity contribution in [1.82, 2.24) is 0 Å². The second-order valence-corrected chi connectivity index (χ2v) is 6.94. The van der Waals surface area contributed by atoms with E-state index in [0.717, 1.165) is 18.4 Å². The number of allylic oxidation sites excluding steroid dienone is 6. The van der Waals surface area contributed by atoms with Crippen molar-refractivity contribution in [2.24, 2.45) is 0 Å². The summed E-state index contributed by atoms with van der Waals surface area (Å²) in [5, 5.41) is 0. The first-order valence-corrected chi connectivity index (χ1v) is 8.38. The lowest BCUT2D eigenvalue weighted by atomic mass is 9.66. The number of fused-ring (bicyclic) bond motifs is 4. The molecular formula is C21H20O2. The van der Waals surface area contributed by atoms with Gasteiger partial charge in [0.25, 0.3) is 0 Å². The van der Waals surface area contributed by atoms with Crippen LogP contribution in [0.15, 0.2) is 53.1 Å². The Hall–Kier alpha value is -2.22. The summed E-state index contributed by atoms with van der Waals surface area (Å²) < 4.78 is 0. The predicted molar refractivity (Wildman–Crippen MR) is 90.5 cm³/mol. The fourth-order valence-corrected chi connectivity index (χ4v) is 4.25. The maximum absolute atomic E-state index is 12.6. The van der Waals surface area contributed by atoms with Crippen molar-refractivity contribution in [2.45, 2.75) is 44.9 Å². The molecule has 0 saturated heterocycles. The first kappa shape index (κ1) is 14.4. The Morgan fingerprint density at radius 1 is 1.04 bits per heavy atom. The minimum atomic E-state index is -0.0116. The third-order valence-corrected chi connectivity index (χ3v) is 5.33. The van der Waals surface area contributed by atoms with Crippen molar-refractivity contribution < 1.29 is 9.59 Å². The van der Waals surface area contributed by atoms with Crippen molar-refractivity contribution in [3.63, 3.8) is 0 Å². The van der Waals surface area contributed by atoms with Crippen LogP contribution in [-0.2, 0) is 16.0 Å². The molecule has 0 radical (unpaired) electrons. The molecular weight excluding hydrogens is 284 g/mol. The Balaban J connectivity index is 1.97. The average molecular weight is 304 g/mol. The van der Waals surface area contributed by atoms with Crippen LogP contribution in [0.3, 0.4) is 0 Å². The molecule has 1 atom stereocenters. The molecule has 0 N–H and O–H groups in total. The summed E-state index contributed by atoms with van der Waals surface area (Å²) in [5.41, 5.74) is 6.69. The van der Waals surface area contributed by atoms with Crippen LogP contribution in [0.2, 0.25) is 0 Å². The second-order valence-electron chi connectivity index (χ2n) is 6.94. The highest BCUT2D eigenvalue weighted by Crippen LogP contribution is 2.48. The van der Waals surface area contributed by atoms with Gasteiger partial charge in [0.15, 0.2) is 11.6 Å². The number of hydrogen-bond acceptors (Lipinski definition) is 2. The van der Waals surface area contributed by atoms with E-state index in [1.165, 1.54) is 34.4 Å². The number of benzene rings is 1. The number of hydrogen-bond donors (Lipinski definition) is 0. The molecule has 0 heterocycles. The zero-order valence-corrected chi connectivity index (χ0v) is 13.6. The summed E-state index contributed by atoms with van der Waals surface area (Å²) in [6.45, 7) is 4.39. The molecule has 2 heteroatoms. The van der Waals surface area contributed by atoms with E-state index in [-0.39, 0.29) is 17.5 Å². The number of aryl methyl sites for hydroxylation is 1. The third-order valence-electron chi connectivity index (χ3n) is 5.33. The number of carbonyl (C=O) groups excluding carboxylic acids is 2. The molecule has 2 nitrogen and oxygen atoms in total. The quantitative estimate of drug-likeness (QED) is 0.576. The van der Waals surface area contributed by atoms with E-state index < -0.39 is 0 Å². The van der Waals surface area contributed by atoms with Crippen LogP contribution in [0.1, 0.15) is 55.2 Å². The lowest BCUT2D eigenvalue weighted by molar-refractivity contribution is -0.115. The van der Waals surface area contributed by atoms with Gasteiger partial charge in [-0.15, -0.1) is 0 Å². The molecule has 0 saturated carbocycles. The molecule has 3 aliphatic carbocycles. The molecule has 0 fully saturated rings. The van der Waals surface area contributed by atoms with Gasteiger partial charge in [-0.3, -0.25) is 9.59 Å². The minimum Gasteiger partial charge on any atom is -0.290 e. The maximum Gasteiger partial charge on any atom is 0.183 e. The highest BCUT2D eigenvalue weighted by Gasteiger charge is 2.38. The zero-order chi connectivity index (χ0) is 16.1. The van der Waals surface area contributed by atoms with E-state index in [4.69, 9.17) is 0 Å². The summed E-state index contributed by atoms with van der Waals surface area (Å²) in [4.78, 5) is 24.8. The van der Waals surface area contributed by atoms with E-state index in [9.17, 15) is 9.59 Å². The van der Waals surface area contributed by atoms with Gasteiger partial charge >= 0.3 is 0 Å². The highest BCUT2D eigenvalue weighted by atomic mass is 16.1. The molecule has 4 rings (SSSR count). The maximum atomic E-state index is 12.6. The van der Waals surface area contributed by atoms with E-state index >= 15 is 0 Å². The molecule has 1 aromatic rings. The minimum absolute atomic E-state index is 0.00375. The van der Waals surface area contributed by atoms with E-state index in [0.29, 0.717) is 17.9 Å². The summed E-state index contributed by atoms with van der Waals surface area (Å²) in [6, 6.07) is 6.47. The zero-order valence-electron chi connectivity index (χ0n) is 13.6. The summed E-state index contributed by atoms with van der Waals surface area (Å²) in [6.07, 6.45) is 7.69. The van der Waals surface area contributed by atoms with Crippen molar-refractivity contribution >= 4 is 11.6 Å². The van der Waals surface area contributed by atoms with Crippen molar-refractivity contribution in [2.75, 3.05) is 0 Å². The fourth-order valence-electron chi connectivity index (χ4n) is 4.25. The Kier molecular flexibility index (Phi) is 3.22. The van der Waals surface area contributed by atoms with E-state index in [1.54, 1.807) is 0 Å². The van der Waals surface area contributed by atoms with Crippen molar-refractivity contribution in [3.8, 4) is 0 Å². The Morgan fingerprint density at radius 3 is 2.61 bits per heavy atom. The van der Waals surface area contributed by atoms with Gasteiger partial charge in [0, 0.05) is 17.1 Å². The average Bonchev–Trinajstić information content (AvgIpc) is 2.56. The van der Waals surface area contributed by atoms with Crippen LogP contribution in [0.25, 0.3) is 0 Å². The molecule has 0 unspecified atom stereocenters. The Bertz CT molecular complexity index is 818. The van der Waals surface area contributed by atoms with Crippen molar-refractivity contribution in [3.05, 3.63) is 69.8 Å². The summed E-state index contributed by atoms with van der Waals surface area (Å²) in [7, 11) is 0. The molecule has 0 spiro atoms. The molecule has 0 bridgehead atoms. The number of ketones is 2. The monoisotopic (exact) mass is 304 g/mol. The molecule has 3 aliphatic rings. The smallest absolute Gasteiger partial charge is 0.183 e. The van der Waals surface area contributed by atoms with Gasteiger partial charge in [-0.1, -0.05) is 43.7 Å². The highest BCUT2D eigenvalue weighted by molar-refractivity contribution is 6.21. The van der Waals surface area contributed by atoms with Gasteiger partial charge < -0.3 is 0 Å². The number of carbonyl (C=O) groups is 2. The van der Waals surface area contributed by atoms with Crippen LogP contribution >= 0.6 is 0 Å². The first-order valence-electron chi connectivity index (χ1n) is 8.38. The van der Waals surface area contributed by atoms with E-state index in [1.807, 2.05) is 0 Å². The van der Waals surface area contributed by atoms with E-state index in [2.05, 4.69) is 38.1 Å². The summed E-state index contributed by atoms with van der Waals surface area (Å²) in [5.74, 6) is 0.411. The van der Waals surface area contributed by atoms with Gasteiger partial charge in [0.2, 0.25) is 0 Å². The predicted octanol–water partition coefficient (Wildman–Crippen LogP) is 4.17. The normalized spacial score (nSPS) is 22.7. The lowest BCUT2D eigenvalue weighted by Crippen LogP contribution is -2.27. The molecule has 116 valence electrons. The molecule has 0 amide bonds. The van der Waals surface area contributed by atoms with Gasteiger partial charge in [-0.25, -0.2) is 0 Å². The molecule has 23 heavy (non-hydrogen) atoms. The topological polar surface area (TPSA) is 34.1 Å². The SMILES string of the molecule is CC(C)c1cccc2c1[C@H]1C(=CCC3=C1C(=O)C=CC3=O)CC2. The molecule has 1 aromatic carbocycles. The number of rotatable bonds is 1.